The lowest BCUT2D eigenvalue weighted by molar-refractivity contribution is -0.124. The lowest BCUT2D eigenvalue weighted by atomic mass is 10.0. The van der Waals surface area contributed by atoms with E-state index in [0.717, 1.165) is 12.0 Å². The molecule has 0 saturated heterocycles. The predicted octanol–water partition coefficient (Wildman–Crippen LogP) is 3.42. The van der Waals surface area contributed by atoms with Crippen LogP contribution in [0.15, 0.2) is 54.6 Å². The topological polar surface area (TPSA) is 61.4 Å². The molecule has 0 aromatic heterocycles. The molecule has 5 nitrogen and oxygen atoms in total. The summed E-state index contributed by atoms with van der Waals surface area (Å²) in [6.07, 6.45) is 1.00. The number of carbonyl (C=O) groups is 2. The monoisotopic (exact) mass is 395 g/mol. The maximum Gasteiger partial charge on any atom is 0.251 e. The molecule has 0 bridgehead atoms. The van der Waals surface area contributed by atoms with Gasteiger partial charge in [0, 0.05) is 12.1 Å². The van der Waals surface area contributed by atoms with Gasteiger partial charge in [-0.1, -0.05) is 63.2 Å². The van der Waals surface area contributed by atoms with Gasteiger partial charge in [-0.15, -0.1) is 0 Å². The molecule has 0 aliphatic rings. The number of nitrogens with zero attached hydrogens (tertiary/aromatic N) is 1. The molecule has 2 rings (SSSR count). The van der Waals surface area contributed by atoms with Crippen LogP contribution in [0.1, 0.15) is 48.3 Å². The summed E-state index contributed by atoms with van der Waals surface area (Å²) in [6.45, 7) is 6.47. The summed E-state index contributed by atoms with van der Waals surface area (Å²) in [5.74, 6) is -0.427. The first kappa shape index (κ1) is 22.6. The minimum atomic E-state index is -0.590. The van der Waals surface area contributed by atoms with Crippen LogP contribution in [0.3, 0.4) is 0 Å². The minimum Gasteiger partial charge on any atom is -0.352 e. The maximum absolute atomic E-state index is 12.9. The highest BCUT2D eigenvalue weighted by Crippen LogP contribution is 2.18. The molecular weight excluding hydrogens is 362 g/mol. The van der Waals surface area contributed by atoms with Crippen LogP contribution in [-0.4, -0.2) is 43.4 Å². The summed E-state index contributed by atoms with van der Waals surface area (Å²) >= 11 is 0. The van der Waals surface area contributed by atoms with Gasteiger partial charge in [0.15, 0.2) is 0 Å². The third kappa shape index (κ3) is 6.43. The van der Waals surface area contributed by atoms with E-state index < -0.39 is 6.04 Å². The van der Waals surface area contributed by atoms with Crippen molar-refractivity contribution >= 4 is 11.8 Å². The predicted molar refractivity (Wildman–Crippen MR) is 118 cm³/mol. The Morgan fingerprint density at radius 2 is 1.59 bits per heavy atom. The fourth-order valence-corrected chi connectivity index (χ4v) is 3.23. The van der Waals surface area contributed by atoms with Crippen molar-refractivity contribution in [1.82, 2.24) is 15.5 Å². The van der Waals surface area contributed by atoms with Gasteiger partial charge in [-0.05, 0) is 49.7 Å². The van der Waals surface area contributed by atoms with E-state index in [1.807, 2.05) is 46.1 Å². The molecule has 2 N–H and O–H groups in total. The highest BCUT2D eigenvalue weighted by Gasteiger charge is 2.25. The van der Waals surface area contributed by atoms with E-state index in [-0.39, 0.29) is 23.8 Å². The van der Waals surface area contributed by atoms with Crippen LogP contribution in [0.5, 0.6) is 0 Å². The van der Waals surface area contributed by atoms with E-state index in [1.54, 1.807) is 12.1 Å². The van der Waals surface area contributed by atoms with Crippen LogP contribution in [-0.2, 0) is 11.2 Å². The molecule has 2 aromatic carbocycles. The van der Waals surface area contributed by atoms with Crippen molar-refractivity contribution in [2.45, 2.75) is 39.3 Å². The molecule has 2 aromatic rings. The first-order chi connectivity index (χ1) is 13.8. The standard InChI is InChI=1S/C24H33N3O2/c1-6-18-12-14-19(15-13-18)21(27(4)5)16-25-24(29)22(17(2)3)26-23(28)20-10-8-7-9-11-20/h7-15,17,21-22H,6,16H2,1-5H3,(H,25,29)(H,26,28). The number of hydrogen-bond donors (Lipinski definition) is 2. The minimum absolute atomic E-state index is 0.0238. The Labute approximate surface area is 174 Å². The SMILES string of the molecule is CCc1ccc(C(CNC(=O)C(NC(=O)c2ccccc2)C(C)C)N(C)C)cc1. The van der Waals surface area contributed by atoms with Gasteiger partial charge in [-0.2, -0.15) is 0 Å². The Balaban J connectivity index is 2.04. The van der Waals surface area contributed by atoms with Gasteiger partial charge in [0.25, 0.3) is 5.91 Å². The number of rotatable bonds is 9. The van der Waals surface area contributed by atoms with Gasteiger partial charge >= 0.3 is 0 Å². The highest BCUT2D eigenvalue weighted by molar-refractivity contribution is 5.97. The first-order valence-corrected chi connectivity index (χ1v) is 10.2. The fraction of sp³-hybridized carbons (Fsp3) is 0.417. The van der Waals surface area contributed by atoms with Crippen molar-refractivity contribution < 1.29 is 9.59 Å². The molecular formula is C24H33N3O2. The van der Waals surface area contributed by atoms with Gasteiger partial charge in [0.1, 0.15) is 6.04 Å². The third-order valence-electron chi connectivity index (χ3n) is 5.14. The molecule has 0 saturated carbocycles. The van der Waals surface area contributed by atoms with Crippen molar-refractivity contribution in [2.24, 2.45) is 5.92 Å². The van der Waals surface area contributed by atoms with Crippen LogP contribution in [0.4, 0.5) is 0 Å². The highest BCUT2D eigenvalue weighted by atomic mass is 16.2. The van der Waals surface area contributed by atoms with Crippen LogP contribution >= 0.6 is 0 Å². The molecule has 5 heteroatoms. The lowest BCUT2D eigenvalue weighted by Gasteiger charge is -2.27. The summed E-state index contributed by atoms with van der Waals surface area (Å²) in [5, 5.41) is 5.91. The number of carbonyl (C=O) groups excluding carboxylic acids is 2. The van der Waals surface area contributed by atoms with E-state index in [2.05, 4.69) is 46.7 Å². The van der Waals surface area contributed by atoms with E-state index in [1.165, 1.54) is 5.56 Å². The van der Waals surface area contributed by atoms with Crippen molar-refractivity contribution in [2.75, 3.05) is 20.6 Å². The summed E-state index contributed by atoms with van der Waals surface area (Å²) in [4.78, 5) is 27.5. The van der Waals surface area contributed by atoms with Crippen LogP contribution in [0, 0.1) is 5.92 Å². The van der Waals surface area contributed by atoms with Crippen LogP contribution in [0.2, 0.25) is 0 Å². The number of nitrogens with one attached hydrogen (secondary N) is 2. The number of amides is 2. The Kier molecular flexibility index (Phi) is 8.40. The van der Waals surface area contributed by atoms with E-state index in [9.17, 15) is 9.59 Å². The van der Waals surface area contributed by atoms with Gasteiger partial charge in [-0.3, -0.25) is 9.59 Å². The van der Waals surface area contributed by atoms with E-state index in [4.69, 9.17) is 0 Å². The zero-order chi connectivity index (χ0) is 21.4. The third-order valence-corrected chi connectivity index (χ3v) is 5.14. The summed E-state index contributed by atoms with van der Waals surface area (Å²) < 4.78 is 0. The molecule has 0 heterocycles. The van der Waals surface area contributed by atoms with Crippen LogP contribution in [0.25, 0.3) is 0 Å². The second kappa shape index (κ2) is 10.8. The van der Waals surface area contributed by atoms with E-state index in [0.29, 0.717) is 12.1 Å². The zero-order valence-corrected chi connectivity index (χ0v) is 18.1. The molecule has 0 radical (unpaired) electrons. The Bertz CT molecular complexity index is 786. The smallest absolute Gasteiger partial charge is 0.251 e. The van der Waals surface area contributed by atoms with Crippen LogP contribution < -0.4 is 10.6 Å². The van der Waals surface area contributed by atoms with Gasteiger partial charge in [0.2, 0.25) is 5.91 Å². The molecule has 0 spiro atoms. The Hall–Kier alpha value is -2.66. The Morgan fingerprint density at radius 3 is 2.10 bits per heavy atom. The quantitative estimate of drug-likeness (QED) is 0.684. The number of likely N-dealkylation sites (N-methyl/N-ethyl adjacent to an activating group) is 1. The molecule has 156 valence electrons. The number of hydrogen-bond acceptors (Lipinski definition) is 3. The molecule has 2 atom stereocenters. The molecule has 2 unspecified atom stereocenters. The number of aryl methyl sites for hydroxylation is 1. The largest absolute Gasteiger partial charge is 0.352 e. The normalized spacial score (nSPS) is 13.2. The average molecular weight is 396 g/mol. The second-order valence-corrected chi connectivity index (χ2v) is 7.88. The van der Waals surface area contributed by atoms with Crippen molar-refractivity contribution in [3.05, 3.63) is 71.3 Å². The van der Waals surface area contributed by atoms with Gasteiger partial charge in [-0.25, -0.2) is 0 Å². The number of benzene rings is 2. The summed E-state index contributed by atoms with van der Waals surface area (Å²) in [5.41, 5.74) is 2.99. The summed E-state index contributed by atoms with van der Waals surface area (Å²) in [7, 11) is 4.00. The molecule has 0 aliphatic carbocycles. The Morgan fingerprint density at radius 1 is 0.966 bits per heavy atom. The average Bonchev–Trinajstić information content (AvgIpc) is 2.72. The first-order valence-electron chi connectivity index (χ1n) is 10.2. The fourth-order valence-electron chi connectivity index (χ4n) is 3.23. The van der Waals surface area contributed by atoms with Crippen molar-refractivity contribution in [3.63, 3.8) is 0 Å². The van der Waals surface area contributed by atoms with Crippen molar-refractivity contribution in [1.29, 1.82) is 0 Å². The lowest BCUT2D eigenvalue weighted by Crippen LogP contribution is -2.51. The van der Waals surface area contributed by atoms with E-state index >= 15 is 0 Å². The van der Waals surface area contributed by atoms with Gasteiger partial charge in [0.05, 0.1) is 6.04 Å². The molecule has 2 amide bonds. The molecule has 0 aliphatic heterocycles. The summed E-state index contributed by atoms with van der Waals surface area (Å²) in [6, 6.07) is 16.9. The zero-order valence-electron chi connectivity index (χ0n) is 18.1. The van der Waals surface area contributed by atoms with Crippen molar-refractivity contribution in [3.8, 4) is 0 Å². The molecule has 0 fully saturated rings. The second-order valence-electron chi connectivity index (χ2n) is 7.88. The molecule has 29 heavy (non-hydrogen) atoms. The van der Waals surface area contributed by atoms with Gasteiger partial charge < -0.3 is 15.5 Å². The maximum atomic E-state index is 12.9.